The van der Waals surface area contributed by atoms with Crippen molar-refractivity contribution in [3.63, 3.8) is 0 Å². The molecule has 1 fully saturated rings. The van der Waals surface area contributed by atoms with Gasteiger partial charge in [0, 0.05) is 7.11 Å². The van der Waals surface area contributed by atoms with E-state index >= 15 is 0 Å². The summed E-state index contributed by atoms with van der Waals surface area (Å²) in [4.78, 5) is 0.159. The highest BCUT2D eigenvalue weighted by atomic mass is 32.2. The van der Waals surface area contributed by atoms with Crippen LogP contribution in [-0.4, -0.2) is 15.5 Å². The fourth-order valence-corrected chi connectivity index (χ4v) is 4.44. The van der Waals surface area contributed by atoms with E-state index in [1.165, 1.54) is 29.6 Å². The van der Waals surface area contributed by atoms with E-state index in [9.17, 15) is 8.42 Å². The van der Waals surface area contributed by atoms with E-state index in [0.717, 1.165) is 24.0 Å². The number of methoxy groups -OCH3 is 1. The molecule has 0 atom stereocenters. The molecule has 2 aliphatic carbocycles. The molecule has 0 heterocycles. The Morgan fingerprint density at radius 1 is 0.923 bits per heavy atom. The maximum absolute atomic E-state index is 11.5. The highest BCUT2D eigenvalue weighted by Crippen LogP contribution is 2.63. The summed E-state index contributed by atoms with van der Waals surface area (Å²) in [5.74, 6) is 0. The molecule has 1 spiro atoms. The smallest absolute Gasteiger partial charge is 0.238 e. The number of nitrogens with two attached hydrogens (primary N) is 1. The monoisotopic (exact) mass is 369 g/mol. The predicted octanol–water partition coefficient (Wildman–Crippen LogP) is 3.97. The lowest BCUT2D eigenvalue weighted by Crippen LogP contribution is -2.11. The molecule has 0 radical (unpaired) electrons. The molecule has 0 bridgehead atoms. The van der Waals surface area contributed by atoms with Crippen molar-refractivity contribution in [1.82, 2.24) is 0 Å². The third kappa shape index (κ3) is 3.34. The summed E-state index contributed by atoms with van der Waals surface area (Å²) in [5.41, 5.74) is 6.65. The van der Waals surface area contributed by atoms with Gasteiger partial charge in [-0.25, -0.2) is 13.6 Å². The van der Waals surface area contributed by atoms with Crippen LogP contribution in [0.4, 0.5) is 0 Å². The Balaban J connectivity index is 1.71. The van der Waals surface area contributed by atoms with Crippen molar-refractivity contribution in [1.29, 1.82) is 0 Å². The van der Waals surface area contributed by atoms with Crippen molar-refractivity contribution in [3.05, 3.63) is 65.2 Å². The van der Waals surface area contributed by atoms with Gasteiger partial charge in [0.1, 0.15) is 0 Å². The van der Waals surface area contributed by atoms with E-state index in [2.05, 4.69) is 24.3 Å². The van der Waals surface area contributed by atoms with Crippen molar-refractivity contribution < 1.29 is 13.2 Å². The average molecular weight is 369 g/mol. The second kappa shape index (κ2) is 6.34. The Labute approximate surface area is 154 Å². The van der Waals surface area contributed by atoms with Crippen LogP contribution >= 0.6 is 0 Å². The molecule has 5 heteroatoms. The van der Waals surface area contributed by atoms with Crippen molar-refractivity contribution >= 4 is 21.2 Å². The molecular formula is C21H23NO3S. The Morgan fingerprint density at radius 3 is 1.85 bits per heavy atom. The first kappa shape index (κ1) is 17.5. The largest absolute Gasteiger partial charge is 0.380 e. The van der Waals surface area contributed by atoms with Gasteiger partial charge in [-0.05, 0) is 71.1 Å². The van der Waals surface area contributed by atoms with E-state index in [1.807, 2.05) is 12.1 Å². The molecule has 1 saturated carbocycles. The first-order chi connectivity index (χ1) is 12.4. The highest BCUT2D eigenvalue weighted by molar-refractivity contribution is 7.89. The number of sulfonamides is 1. The lowest BCUT2D eigenvalue weighted by atomic mass is 9.96. The first-order valence-electron chi connectivity index (χ1n) is 8.84. The molecule has 2 aromatic carbocycles. The average Bonchev–Trinajstić information content (AvgIpc) is 3.26. The number of benzene rings is 2. The number of ether oxygens (including phenoxy) is 1. The Morgan fingerprint density at radius 2 is 1.42 bits per heavy atom. The molecule has 0 unspecified atom stereocenters. The second-order valence-corrected chi connectivity index (χ2v) is 9.07. The van der Waals surface area contributed by atoms with Crippen LogP contribution in [0.5, 0.6) is 0 Å². The molecular weight excluding hydrogens is 346 g/mol. The third-order valence-electron chi connectivity index (χ3n) is 5.57. The van der Waals surface area contributed by atoms with E-state index in [0.29, 0.717) is 12.0 Å². The molecule has 2 aromatic rings. The molecule has 0 aliphatic heterocycles. The van der Waals surface area contributed by atoms with Gasteiger partial charge in [-0.3, -0.25) is 0 Å². The van der Waals surface area contributed by atoms with E-state index in [1.54, 1.807) is 19.2 Å². The number of primary sulfonamides is 1. The fourth-order valence-electron chi connectivity index (χ4n) is 3.92. The maximum atomic E-state index is 11.5. The quantitative estimate of drug-likeness (QED) is 0.867. The van der Waals surface area contributed by atoms with Gasteiger partial charge in [0.05, 0.1) is 11.5 Å². The summed E-state index contributed by atoms with van der Waals surface area (Å²) < 4.78 is 28.2. The van der Waals surface area contributed by atoms with Gasteiger partial charge in [0.15, 0.2) is 0 Å². The van der Waals surface area contributed by atoms with E-state index < -0.39 is 10.0 Å². The standard InChI is InChI=1S/C21H23NO3S/c1-25-14-15-2-4-16(5-3-15)19-12-21(10-11-21)13-20(19)17-6-8-18(9-7-17)26(22,23)24/h2-9H,10-14H2,1H3,(H2,22,23,24). The number of hydrogen-bond acceptors (Lipinski definition) is 3. The summed E-state index contributed by atoms with van der Waals surface area (Å²) in [5, 5.41) is 5.22. The van der Waals surface area contributed by atoms with Crippen molar-refractivity contribution in [3.8, 4) is 0 Å². The van der Waals surface area contributed by atoms with Gasteiger partial charge in [-0.15, -0.1) is 0 Å². The fraction of sp³-hybridized carbons (Fsp3) is 0.333. The molecule has 2 aliphatic rings. The summed E-state index contributed by atoms with van der Waals surface area (Å²) in [7, 11) is -1.96. The number of allylic oxidation sites excluding steroid dienone is 2. The van der Waals surface area contributed by atoms with Gasteiger partial charge >= 0.3 is 0 Å². The summed E-state index contributed by atoms with van der Waals surface area (Å²) in [6, 6.07) is 15.6. The van der Waals surface area contributed by atoms with Gasteiger partial charge in [-0.1, -0.05) is 36.4 Å². The van der Waals surface area contributed by atoms with Crippen LogP contribution in [0.2, 0.25) is 0 Å². The SMILES string of the molecule is COCc1ccc(C2=C(c3ccc(S(N)(=O)=O)cc3)CC3(CC3)C2)cc1. The predicted molar refractivity (Wildman–Crippen MR) is 103 cm³/mol. The molecule has 4 rings (SSSR count). The lowest BCUT2D eigenvalue weighted by Gasteiger charge is -2.10. The zero-order valence-electron chi connectivity index (χ0n) is 14.9. The molecule has 0 saturated heterocycles. The second-order valence-electron chi connectivity index (χ2n) is 7.51. The van der Waals surface area contributed by atoms with Crippen molar-refractivity contribution in [2.45, 2.75) is 37.2 Å². The van der Waals surface area contributed by atoms with Gasteiger partial charge in [0.2, 0.25) is 10.0 Å². The number of rotatable bonds is 5. The van der Waals surface area contributed by atoms with Crippen LogP contribution in [0.25, 0.3) is 11.1 Å². The molecule has 0 amide bonds. The minimum Gasteiger partial charge on any atom is -0.380 e. The maximum Gasteiger partial charge on any atom is 0.238 e. The highest BCUT2D eigenvalue weighted by Gasteiger charge is 2.48. The van der Waals surface area contributed by atoms with Crippen LogP contribution < -0.4 is 5.14 Å². The van der Waals surface area contributed by atoms with Crippen LogP contribution in [0.3, 0.4) is 0 Å². The van der Waals surface area contributed by atoms with E-state index in [-0.39, 0.29) is 4.90 Å². The zero-order valence-corrected chi connectivity index (χ0v) is 15.7. The minimum atomic E-state index is -3.66. The van der Waals surface area contributed by atoms with Crippen LogP contribution in [0.15, 0.2) is 53.4 Å². The third-order valence-corrected chi connectivity index (χ3v) is 6.50. The van der Waals surface area contributed by atoms with Gasteiger partial charge < -0.3 is 4.74 Å². The summed E-state index contributed by atoms with van der Waals surface area (Å²) >= 11 is 0. The normalized spacial score (nSPS) is 18.5. The first-order valence-corrected chi connectivity index (χ1v) is 10.4. The number of hydrogen-bond donors (Lipinski definition) is 1. The zero-order chi connectivity index (χ0) is 18.4. The van der Waals surface area contributed by atoms with Gasteiger partial charge in [-0.2, -0.15) is 0 Å². The molecule has 4 nitrogen and oxygen atoms in total. The lowest BCUT2D eigenvalue weighted by molar-refractivity contribution is 0.185. The van der Waals surface area contributed by atoms with Crippen molar-refractivity contribution in [2.75, 3.05) is 7.11 Å². The topological polar surface area (TPSA) is 69.4 Å². The molecule has 0 aromatic heterocycles. The van der Waals surface area contributed by atoms with Crippen LogP contribution in [0.1, 0.15) is 42.4 Å². The van der Waals surface area contributed by atoms with Crippen LogP contribution in [-0.2, 0) is 21.4 Å². The van der Waals surface area contributed by atoms with Crippen molar-refractivity contribution in [2.24, 2.45) is 10.6 Å². The molecule has 136 valence electrons. The molecule has 2 N–H and O–H groups in total. The Bertz CT molecular complexity index is 953. The van der Waals surface area contributed by atoms with Gasteiger partial charge in [0.25, 0.3) is 0 Å². The minimum absolute atomic E-state index is 0.159. The van der Waals surface area contributed by atoms with Crippen LogP contribution in [0, 0.1) is 5.41 Å². The molecule has 26 heavy (non-hydrogen) atoms. The summed E-state index contributed by atoms with van der Waals surface area (Å²) in [6.45, 7) is 0.616. The summed E-state index contributed by atoms with van der Waals surface area (Å²) in [6.07, 6.45) is 4.72. The Hall–Kier alpha value is -1.95. The van der Waals surface area contributed by atoms with E-state index in [4.69, 9.17) is 9.88 Å². The Kier molecular flexibility index (Phi) is 4.26.